The van der Waals surface area contributed by atoms with E-state index in [1.54, 1.807) is 0 Å². The van der Waals surface area contributed by atoms with Crippen LogP contribution in [0.1, 0.15) is 5.56 Å². The SMILES string of the molecule is O=S(=O)(c1cc(C(=S)Nc2cc(F)c(F)c(F)c2)c(Cl)cc1Cl)N1CCOCC1. The van der Waals surface area contributed by atoms with Gasteiger partial charge in [0.2, 0.25) is 10.0 Å². The molecular weight excluding hydrogens is 472 g/mol. The van der Waals surface area contributed by atoms with Crippen molar-refractivity contribution in [2.24, 2.45) is 0 Å². The fourth-order valence-electron chi connectivity index (χ4n) is 2.65. The van der Waals surface area contributed by atoms with Crippen LogP contribution in [0.2, 0.25) is 10.0 Å². The molecule has 29 heavy (non-hydrogen) atoms. The number of nitrogens with zero attached hydrogens (tertiary/aromatic N) is 1. The number of halogens is 5. The fourth-order valence-corrected chi connectivity index (χ4v) is 5.25. The molecule has 12 heteroatoms. The lowest BCUT2D eigenvalue weighted by Crippen LogP contribution is -2.40. The molecule has 1 aliphatic heterocycles. The maximum Gasteiger partial charge on any atom is 0.244 e. The first kappa shape index (κ1) is 22.3. The number of ether oxygens (including phenoxy) is 1. The van der Waals surface area contributed by atoms with Crippen molar-refractivity contribution < 1.29 is 26.3 Å². The van der Waals surface area contributed by atoms with E-state index in [-0.39, 0.29) is 57.5 Å². The van der Waals surface area contributed by atoms with Crippen LogP contribution in [0.5, 0.6) is 0 Å². The summed E-state index contributed by atoms with van der Waals surface area (Å²) >= 11 is 17.4. The first-order valence-corrected chi connectivity index (χ1v) is 10.7. The highest BCUT2D eigenvalue weighted by atomic mass is 35.5. The van der Waals surface area contributed by atoms with Gasteiger partial charge in [0.05, 0.1) is 23.3 Å². The maximum absolute atomic E-state index is 13.4. The molecule has 0 unspecified atom stereocenters. The lowest BCUT2D eigenvalue weighted by molar-refractivity contribution is 0.0730. The van der Waals surface area contributed by atoms with Crippen LogP contribution in [-0.4, -0.2) is 44.0 Å². The predicted octanol–water partition coefficient (Wildman–Crippen LogP) is 4.22. The average Bonchev–Trinajstić information content (AvgIpc) is 2.66. The summed E-state index contributed by atoms with van der Waals surface area (Å²) in [7, 11) is -3.95. The Bertz CT molecular complexity index is 1050. The third-order valence-corrected chi connectivity index (χ3v) is 7.09. The number of nitrogens with one attached hydrogen (secondary N) is 1. The molecule has 1 saturated heterocycles. The highest BCUT2D eigenvalue weighted by Crippen LogP contribution is 2.32. The van der Waals surface area contributed by atoms with Crippen LogP contribution < -0.4 is 5.32 Å². The van der Waals surface area contributed by atoms with Gasteiger partial charge in [-0.15, -0.1) is 0 Å². The number of hydrogen-bond donors (Lipinski definition) is 1. The number of benzene rings is 2. The minimum atomic E-state index is -3.95. The van der Waals surface area contributed by atoms with Gasteiger partial charge in [-0.2, -0.15) is 4.31 Å². The summed E-state index contributed by atoms with van der Waals surface area (Å²) in [5.74, 6) is -4.44. The molecule has 1 aliphatic rings. The van der Waals surface area contributed by atoms with Crippen molar-refractivity contribution in [3.63, 3.8) is 0 Å². The van der Waals surface area contributed by atoms with Gasteiger partial charge in [-0.3, -0.25) is 0 Å². The topological polar surface area (TPSA) is 58.6 Å². The molecule has 0 radical (unpaired) electrons. The van der Waals surface area contributed by atoms with Crippen molar-refractivity contribution in [3.05, 3.63) is 57.3 Å². The van der Waals surface area contributed by atoms with E-state index in [1.165, 1.54) is 16.4 Å². The number of sulfonamides is 1. The summed E-state index contributed by atoms with van der Waals surface area (Å²) in [6, 6.07) is 3.81. The summed E-state index contributed by atoms with van der Waals surface area (Å²) in [4.78, 5) is -0.350. The molecule has 0 amide bonds. The van der Waals surface area contributed by atoms with Crippen molar-refractivity contribution in [2.75, 3.05) is 31.6 Å². The summed E-state index contributed by atoms with van der Waals surface area (Å²) < 4.78 is 72.2. The minimum Gasteiger partial charge on any atom is -0.379 e. The van der Waals surface area contributed by atoms with Gasteiger partial charge in [-0.05, 0) is 12.1 Å². The summed E-state index contributed by atoms with van der Waals surface area (Å²) in [6.07, 6.45) is 0. The van der Waals surface area contributed by atoms with Gasteiger partial charge >= 0.3 is 0 Å². The highest BCUT2D eigenvalue weighted by Gasteiger charge is 2.29. The van der Waals surface area contributed by atoms with Crippen LogP contribution in [0.3, 0.4) is 0 Å². The second-order valence-corrected chi connectivity index (χ2v) is 9.12. The molecule has 2 aromatic carbocycles. The Morgan fingerprint density at radius 2 is 1.62 bits per heavy atom. The predicted molar refractivity (Wildman–Crippen MR) is 108 cm³/mol. The highest BCUT2D eigenvalue weighted by molar-refractivity contribution is 7.89. The maximum atomic E-state index is 13.4. The molecule has 0 bridgehead atoms. The van der Waals surface area contributed by atoms with Gasteiger partial charge in [-0.25, -0.2) is 21.6 Å². The lowest BCUT2D eigenvalue weighted by atomic mass is 10.2. The van der Waals surface area contributed by atoms with E-state index in [9.17, 15) is 21.6 Å². The van der Waals surface area contributed by atoms with Gasteiger partial charge < -0.3 is 10.1 Å². The van der Waals surface area contributed by atoms with Gasteiger partial charge in [0.1, 0.15) is 9.88 Å². The van der Waals surface area contributed by atoms with Gasteiger partial charge in [0.15, 0.2) is 17.5 Å². The molecule has 0 spiro atoms. The number of thiocarbonyl (C=S) groups is 1. The molecule has 1 N–H and O–H groups in total. The molecule has 3 rings (SSSR count). The van der Waals surface area contributed by atoms with E-state index in [0.29, 0.717) is 12.1 Å². The molecular formula is C17H13Cl2F3N2O3S2. The zero-order valence-electron chi connectivity index (χ0n) is 14.5. The third kappa shape index (κ3) is 4.68. The minimum absolute atomic E-state index is 0.0245. The van der Waals surface area contributed by atoms with Crippen LogP contribution in [-0.2, 0) is 14.8 Å². The van der Waals surface area contributed by atoms with Crippen LogP contribution in [0.4, 0.5) is 18.9 Å². The number of anilines is 1. The van der Waals surface area contributed by atoms with Gasteiger partial charge in [0, 0.05) is 36.5 Å². The Kier molecular flexibility index (Phi) is 6.71. The smallest absolute Gasteiger partial charge is 0.244 e. The molecule has 0 saturated carbocycles. The molecule has 0 atom stereocenters. The zero-order valence-corrected chi connectivity index (χ0v) is 17.7. The monoisotopic (exact) mass is 484 g/mol. The van der Waals surface area contributed by atoms with Gasteiger partial charge in [0.25, 0.3) is 0 Å². The summed E-state index contributed by atoms with van der Waals surface area (Å²) in [5.41, 5.74) is -0.0990. The number of morpholine rings is 1. The van der Waals surface area contributed by atoms with Crippen molar-refractivity contribution in [1.29, 1.82) is 0 Å². The van der Waals surface area contributed by atoms with Crippen molar-refractivity contribution in [3.8, 4) is 0 Å². The van der Waals surface area contributed by atoms with Crippen LogP contribution >= 0.6 is 35.4 Å². The largest absolute Gasteiger partial charge is 0.379 e. The number of rotatable bonds is 4. The van der Waals surface area contributed by atoms with Crippen molar-refractivity contribution >= 4 is 56.1 Å². The molecule has 0 aliphatic carbocycles. The van der Waals surface area contributed by atoms with E-state index in [1.807, 2.05) is 0 Å². The van der Waals surface area contributed by atoms with E-state index in [0.717, 1.165) is 0 Å². The Morgan fingerprint density at radius 3 is 2.21 bits per heavy atom. The first-order valence-electron chi connectivity index (χ1n) is 8.14. The average molecular weight is 485 g/mol. The quantitative estimate of drug-likeness (QED) is 0.520. The second kappa shape index (κ2) is 8.75. The molecule has 0 aromatic heterocycles. The Labute approximate surface area is 180 Å². The van der Waals surface area contributed by atoms with E-state index in [2.05, 4.69) is 5.32 Å². The Balaban J connectivity index is 1.96. The lowest BCUT2D eigenvalue weighted by Gasteiger charge is -2.26. The summed E-state index contributed by atoms with van der Waals surface area (Å²) in [5, 5.41) is 2.43. The molecule has 2 aromatic rings. The van der Waals surface area contributed by atoms with E-state index >= 15 is 0 Å². The van der Waals surface area contributed by atoms with Crippen molar-refractivity contribution in [2.45, 2.75) is 4.90 Å². The fraction of sp³-hybridized carbons (Fsp3) is 0.235. The van der Waals surface area contributed by atoms with E-state index in [4.69, 9.17) is 40.2 Å². The van der Waals surface area contributed by atoms with Crippen LogP contribution in [0.15, 0.2) is 29.2 Å². The molecule has 1 heterocycles. The van der Waals surface area contributed by atoms with Crippen molar-refractivity contribution in [1.82, 2.24) is 4.31 Å². The van der Waals surface area contributed by atoms with E-state index < -0.39 is 27.5 Å². The number of hydrogen-bond acceptors (Lipinski definition) is 4. The normalized spacial score (nSPS) is 15.3. The Morgan fingerprint density at radius 1 is 1.03 bits per heavy atom. The summed E-state index contributed by atoms with van der Waals surface area (Å²) in [6.45, 7) is 0.818. The first-order chi connectivity index (χ1) is 13.6. The van der Waals surface area contributed by atoms with Crippen LogP contribution in [0.25, 0.3) is 0 Å². The van der Waals surface area contributed by atoms with Gasteiger partial charge in [-0.1, -0.05) is 35.4 Å². The molecule has 156 valence electrons. The standard InChI is InChI=1S/C17H13Cl2F3N2O3S2/c18-11-8-12(19)15(29(25,26)24-1-3-27-4-2-24)7-10(11)17(28)23-9-5-13(20)16(22)14(21)6-9/h5-8H,1-4H2,(H,23,28). The second-order valence-electron chi connectivity index (χ2n) is 5.99. The molecule has 1 fully saturated rings. The Hall–Kier alpha value is -1.43. The molecule has 5 nitrogen and oxygen atoms in total. The zero-order chi connectivity index (χ0) is 21.3. The third-order valence-electron chi connectivity index (χ3n) is 4.10. The van der Waals surface area contributed by atoms with Crippen LogP contribution in [0, 0.1) is 17.5 Å².